The molecular formula is C23H20N2O. The number of rotatable bonds is 3. The van der Waals surface area contributed by atoms with Crippen molar-refractivity contribution in [3.05, 3.63) is 90.0 Å². The number of nitrogens with zero attached hydrogens (tertiary/aromatic N) is 2. The fourth-order valence-electron chi connectivity index (χ4n) is 3.04. The molecule has 4 rings (SSSR count). The molecule has 0 bridgehead atoms. The number of benzene rings is 3. The van der Waals surface area contributed by atoms with Crippen molar-refractivity contribution in [2.24, 2.45) is 0 Å². The number of aromatic hydroxyl groups is 1. The lowest BCUT2D eigenvalue weighted by atomic mass is 10.1. The normalized spacial score (nSPS) is 10.8. The third-order valence-electron chi connectivity index (χ3n) is 4.51. The molecule has 128 valence electrons. The Kier molecular flexibility index (Phi) is 4.05. The van der Waals surface area contributed by atoms with E-state index in [0.29, 0.717) is 11.4 Å². The van der Waals surface area contributed by atoms with Gasteiger partial charge in [0.25, 0.3) is 0 Å². The van der Waals surface area contributed by atoms with Gasteiger partial charge in [-0.05, 0) is 26.0 Å². The van der Waals surface area contributed by atoms with E-state index in [1.54, 1.807) is 0 Å². The quantitative estimate of drug-likeness (QED) is 0.532. The first-order valence-electron chi connectivity index (χ1n) is 8.65. The molecule has 0 saturated heterocycles. The van der Waals surface area contributed by atoms with Crippen LogP contribution < -0.4 is 0 Å². The van der Waals surface area contributed by atoms with Crippen LogP contribution in [-0.4, -0.2) is 14.9 Å². The van der Waals surface area contributed by atoms with Gasteiger partial charge >= 0.3 is 0 Å². The molecule has 0 aliphatic rings. The minimum atomic E-state index is 0.196. The molecule has 26 heavy (non-hydrogen) atoms. The minimum Gasteiger partial charge on any atom is -0.504 e. The van der Waals surface area contributed by atoms with Gasteiger partial charge in [-0.25, -0.2) is 4.68 Å². The summed E-state index contributed by atoms with van der Waals surface area (Å²) in [6.45, 7) is 4.10. The van der Waals surface area contributed by atoms with E-state index in [1.807, 2.05) is 90.5 Å². The molecule has 0 unspecified atom stereocenters. The zero-order valence-corrected chi connectivity index (χ0v) is 14.8. The Morgan fingerprint density at radius 1 is 0.692 bits per heavy atom. The molecule has 4 aromatic rings. The maximum atomic E-state index is 11.0. The summed E-state index contributed by atoms with van der Waals surface area (Å²) in [5.74, 6) is 0.196. The predicted octanol–water partition coefficient (Wildman–Crippen LogP) is 5.53. The lowest BCUT2D eigenvalue weighted by Gasteiger charge is -2.08. The maximum absolute atomic E-state index is 11.0. The second kappa shape index (κ2) is 6.52. The van der Waals surface area contributed by atoms with Crippen molar-refractivity contribution in [3.63, 3.8) is 0 Å². The lowest BCUT2D eigenvalue weighted by molar-refractivity contribution is 0.479. The molecule has 1 heterocycles. The molecule has 1 N–H and O–H groups in total. The average Bonchev–Trinajstić information content (AvgIpc) is 3.01. The average molecular weight is 340 g/mol. The number of hydrogen-bond acceptors (Lipinski definition) is 2. The fourth-order valence-corrected chi connectivity index (χ4v) is 3.04. The smallest absolute Gasteiger partial charge is 0.170 e. The summed E-state index contributed by atoms with van der Waals surface area (Å²) in [5, 5.41) is 15.8. The van der Waals surface area contributed by atoms with Crippen molar-refractivity contribution < 1.29 is 5.11 Å². The number of hydrogen-bond donors (Lipinski definition) is 1. The Balaban J connectivity index is 1.96. The third kappa shape index (κ3) is 2.88. The minimum absolute atomic E-state index is 0.196. The van der Waals surface area contributed by atoms with Crippen molar-refractivity contribution in [2.75, 3.05) is 0 Å². The second-order valence-corrected chi connectivity index (χ2v) is 6.53. The van der Waals surface area contributed by atoms with Crippen LogP contribution in [-0.2, 0) is 0 Å². The SMILES string of the molecule is Cc1ccc(-c2nn(-c3ccccc3)c(-c3ccc(C)cc3)c2O)cc1. The summed E-state index contributed by atoms with van der Waals surface area (Å²) < 4.78 is 1.81. The topological polar surface area (TPSA) is 38.0 Å². The van der Waals surface area contributed by atoms with Crippen LogP contribution in [0.5, 0.6) is 5.75 Å². The van der Waals surface area contributed by atoms with Gasteiger partial charge in [-0.3, -0.25) is 0 Å². The van der Waals surface area contributed by atoms with E-state index >= 15 is 0 Å². The number of para-hydroxylation sites is 1. The van der Waals surface area contributed by atoms with E-state index in [9.17, 15) is 5.11 Å². The van der Waals surface area contributed by atoms with Crippen molar-refractivity contribution in [2.45, 2.75) is 13.8 Å². The fraction of sp³-hybridized carbons (Fsp3) is 0.0870. The molecule has 0 aliphatic heterocycles. The van der Waals surface area contributed by atoms with Crippen LogP contribution in [0.1, 0.15) is 11.1 Å². The van der Waals surface area contributed by atoms with Crippen LogP contribution in [0.15, 0.2) is 78.9 Å². The number of aryl methyl sites for hydroxylation is 2. The van der Waals surface area contributed by atoms with Gasteiger partial charge in [-0.1, -0.05) is 77.9 Å². The Labute approximate surface area is 153 Å². The largest absolute Gasteiger partial charge is 0.504 e. The first-order valence-corrected chi connectivity index (χ1v) is 8.65. The lowest BCUT2D eigenvalue weighted by Crippen LogP contribution is -1.99. The van der Waals surface area contributed by atoms with Crippen LogP contribution >= 0.6 is 0 Å². The first kappa shape index (κ1) is 16.2. The highest BCUT2D eigenvalue weighted by Gasteiger charge is 2.21. The molecule has 0 radical (unpaired) electrons. The van der Waals surface area contributed by atoms with Crippen LogP contribution in [0.3, 0.4) is 0 Å². The van der Waals surface area contributed by atoms with Gasteiger partial charge < -0.3 is 5.11 Å². The standard InChI is InChI=1S/C23H20N2O/c1-16-8-12-18(13-9-16)21-23(26)22(19-14-10-17(2)11-15-19)25(24-21)20-6-4-3-5-7-20/h3-15,26H,1-2H3. The van der Waals surface area contributed by atoms with Gasteiger partial charge in [0.1, 0.15) is 11.4 Å². The highest BCUT2D eigenvalue weighted by atomic mass is 16.3. The van der Waals surface area contributed by atoms with Gasteiger partial charge in [-0.15, -0.1) is 0 Å². The highest BCUT2D eigenvalue weighted by Crippen LogP contribution is 2.39. The van der Waals surface area contributed by atoms with Crippen molar-refractivity contribution in [3.8, 4) is 34.0 Å². The second-order valence-electron chi connectivity index (χ2n) is 6.53. The predicted molar refractivity (Wildman–Crippen MR) is 106 cm³/mol. The molecule has 0 spiro atoms. The Morgan fingerprint density at radius 3 is 1.81 bits per heavy atom. The summed E-state index contributed by atoms with van der Waals surface area (Å²) in [6, 6.07) is 26.1. The summed E-state index contributed by atoms with van der Waals surface area (Å²) in [7, 11) is 0. The molecule has 0 amide bonds. The molecule has 1 aromatic heterocycles. The Morgan fingerprint density at radius 2 is 1.23 bits per heavy atom. The maximum Gasteiger partial charge on any atom is 0.170 e. The molecule has 0 atom stereocenters. The van der Waals surface area contributed by atoms with Gasteiger partial charge in [0.15, 0.2) is 5.75 Å². The third-order valence-corrected chi connectivity index (χ3v) is 4.51. The molecule has 0 aliphatic carbocycles. The Hall–Kier alpha value is -3.33. The summed E-state index contributed by atoms with van der Waals surface area (Å²) in [6.07, 6.45) is 0. The summed E-state index contributed by atoms with van der Waals surface area (Å²) >= 11 is 0. The summed E-state index contributed by atoms with van der Waals surface area (Å²) in [5.41, 5.74) is 6.39. The monoisotopic (exact) mass is 340 g/mol. The van der Waals surface area contributed by atoms with Gasteiger partial charge in [0.05, 0.1) is 5.69 Å². The van der Waals surface area contributed by atoms with E-state index in [0.717, 1.165) is 16.8 Å². The van der Waals surface area contributed by atoms with E-state index in [4.69, 9.17) is 5.10 Å². The molecule has 3 nitrogen and oxygen atoms in total. The van der Waals surface area contributed by atoms with Crippen molar-refractivity contribution >= 4 is 0 Å². The zero-order valence-electron chi connectivity index (χ0n) is 14.8. The van der Waals surface area contributed by atoms with E-state index in [-0.39, 0.29) is 5.75 Å². The van der Waals surface area contributed by atoms with Gasteiger partial charge in [0, 0.05) is 11.1 Å². The molecule has 3 heteroatoms. The van der Waals surface area contributed by atoms with Crippen LogP contribution in [0.2, 0.25) is 0 Å². The van der Waals surface area contributed by atoms with Crippen molar-refractivity contribution in [1.82, 2.24) is 9.78 Å². The van der Waals surface area contributed by atoms with Gasteiger partial charge in [-0.2, -0.15) is 5.10 Å². The Bertz CT molecular complexity index is 1030. The van der Waals surface area contributed by atoms with Crippen LogP contribution in [0.25, 0.3) is 28.2 Å². The van der Waals surface area contributed by atoms with Crippen molar-refractivity contribution in [1.29, 1.82) is 0 Å². The molecule has 3 aromatic carbocycles. The zero-order chi connectivity index (χ0) is 18.1. The van der Waals surface area contributed by atoms with E-state index in [1.165, 1.54) is 11.1 Å². The molecular weight excluding hydrogens is 320 g/mol. The van der Waals surface area contributed by atoms with E-state index in [2.05, 4.69) is 6.92 Å². The molecule has 0 fully saturated rings. The summed E-state index contributed by atoms with van der Waals surface area (Å²) in [4.78, 5) is 0. The number of aromatic nitrogens is 2. The van der Waals surface area contributed by atoms with Gasteiger partial charge in [0.2, 0.25) is 0 Å². The van der Waals surface area contributed by atoms with Crippen LogP contribution in [0, 0.1) is 13.8 Å². The van der Waals surface area contributed by atoms with Crippen LogP contribution in [0.4, 0.5) is 0 Å². The molecule has 0 saturated carbocycles. The van der Waals surface area contributed by atoms with E-state index < -0.39 is 0 Å². The first-order chi connectivity index (χ1) is 12.6. The highest BCUT2D eigenvalue weighted by molar-refractivity contribution is 5.79.